The highest BCUT2D eigenvalue weighted by molar-refractivity contribution is 7.91. The highest BCUT2D eigenvalue weighted by atomic mass is 32.2. The van der Waals surface area contributed by atoms with Crippen molar-refractivity contribution in [3.8, 4) is 0 Å². The topological polar surface area (TPSA) is 83.7 Å². The first-order valence-electron chi connectivity index (χ1n) is 9.31. The molecule has 1 aliphatic rings. The molecular formula is C20H20FN3O4S. The van der Waals surface area contributed by atoms with Gasteiger partial charge in [0.05, 0.1) is 16.2 Å². The first-order valence-corrected chi connectivity index (χ1v) is 11.0. The van der Waals surface area contributed by atoms with E-state index in [9.17, 15) is 17.6 Å². The second kappa shape index (κ2) is 7.47. The molecule has 1 aromatic heterocycles. The van der Waals surface area contributed by atoms with Crippen molar-refractivity contribution in [1.29, 1.82) is 0 Å². The Morgan fingerprint density at radius 2 is 1.86 bits per heavy atom. The number of hydrogen-bond donors (Lipinski definition) is 0. The highest BCUT2D eigenvalue weighted by Crippen LogP contribution is 2.25. The van der Waals surface area contributed by atoms with Crippen LogP contribution in [-0.2, 0) is 9.84 Å². The third-order valence-electron chi connectivity index (χ3n) is 5.01. The fourth-order valence-corrected chi connectivity index (χ4v) is 4.45. The van der Waals surface area contributed by atoms with Gasteiger partial charge in [-0.05, 0) is 24.3 Å². The van der Waals surface area contributed by atoms with Crippen LogP contribution in [0.25, 0.3) is 11.1 Å². The van der Waals surface area contributed by atoms with Gasteiger partial charge < -0.3 is 14.2 Å². The molecule has 7 nitrogen and oxygen atoms in total. The number of carbonyl (C=O) groups is 1. The first kappa shape index (κ1) is 19.4. The Balaban J connectivity index is 1.50. The lowest BCUT2D eigenvalue weighted by molar-refractivity contribution is 0.0741. The molecule has 3 aromatic rings. The zero-order chi connectivity index (χ0) is 20.6. The van der Waals surface area contributed by atoms with E-state index in [1.807, 2.05) is 4.90 Å². The molecular weight excluding hydrogens is 397 g/mol. The Morgan fingerprint density at radius 3 is 2.59 bits per heavy atom. The van der Waals surface area contributed by atoms with Gasteiger partial charge in [0.15, 0.2) is 15.4 Å². The van der Waals surface area contributed by atoms with E-state index >= 15 is 0 Å². The molecule has 2 aromatic carbocycles. The molecule has 4 rings (SSSR count). The fraction of sp³-hybridized carbons (Fsp3) is 0.300. The molecule has 29 heavy (non-hydrogen) atoms. The van der Waals surface area contributed by atoms with Crippen LogP contribution < -0.4 is 4.90 Å². The second-order valence-corrected chi connectivity index (χ2v) is 9.03. The lowest BCUT2D eigenvalue weighted by atomic mass is 10.2. The lowest BCUT2D eigenvalue weighted by Gasteiger charge is -2.34. The number of rotatable bonds is 4. The van der Waals surface area contributed by atoms with Gasteiger partial charge in [0.25, 0.3) is 11.9 Å². The number of hydrogen-bond acceptors (Lipinski definition) is 6. The van der Waals surface area contributed by atoms with Crippen molar-refractivity contribution in [2.24, 2.45) is 0 Å². The van der Waals surface area contributed by atoms with Gasteiger partial charge in [-0.2, -0.15) is 4.98 Å². The molecule has 0 aliphatic carbocycles. The number of carbonyl (C=O) groups excluding carboxylic acids is 1. The molecule has 1 amide bonds. The minimum Gasteiger partial charge on any atom is -0.423 e. The van der Waals surface area contributed by atoms with Crippen LogP contribution in [0.5, 0.6) is 0 Å². The van der Waals surface area contributed by atoms with E-state index < -0.39 is 15.7 Å². The number of oxazole rings is 1. The molecule has 0 atom stereocenters. The van der Waals surface area contributed by atoms with Gasteiger partial charge in [0, 0.05) is 32.2 Å². The van der Waals surface area contributed by atoms with E-state index in [0.717, 1.165) is 0 Å². The van der Waals surface area contributed by atoms with Crippen LogP contribution in [0, 0.1) is 5.82 Å². The molecule has 9 heteroatoms. The maximum Gasteiger partial charge on any atom is 0.298 e. The molecule has 0 bridgehead atoms. The average molecular weight is 417 g/mol. The smallest absolute Gasteiger partial charge is 0.298 e. The van der Waals surface area contributed by atoms with E-state index in [1.165, 1.54) is 18.2 Å². The van der Waals surface area contributed by atoms with Gasteiger partial charge >= 0.3 is 0 Å². The summed E-state index contributed by atoms with van der Waals surface area (Å²) in [6, 6.07) is 10.9. The minimum absolute atomic E-state index is 0.0657. The maximum absolute atomic E-state index is 13.3. The summed E-state index contributed by atoms with van der Waals surface area (Å²) < 4.78 is 43.6. The number of fused-ring (bicyclic) bond motifs is 1. The predicted molar refractivity (Wildman–Crippen MR) is 106 cm³/mol. The normalized spacial score (nSPS) is 15.1. The summed E-state index contributed by atoms with van der Waals surface area (Å²) in [5, 5.41) is 0. The van der Waals surface area contributed by atoms with Gasteiger partial charge in [0.1, 0.15) is 11.3 Å². The summed E-state index contributed by atoms with van der Waals surface area (Å²) in [7, 11) is -3.50. The summed E-state index contributed by atoms with van der Waals surface area (Å²) in [6.45, 7) is 3.30. The zero-order valence-corrected chi connectivity index (χ0v) is 16.7. The van der Waals surface area contributed by atoms with Crippen molar-refractivity contribution in [3.63, 3.8) is 0 Å². The number of nitrogens with zero attached hydrogens (tertiary/aromatic N) is 3. The summed E-state index contributed by atoms with van der Waals surface area (Å²) in [5.74, 6) is -0.767. The number of aromatic nitrogens is 1. The molecule has 1 fully saturated rings. The summed E-state index contributed by atoms with van der Waals surface area (Å²) in [4.78, 5) is 20.9. The van der Waals surface area contributed by atoms with Crippen LogP contribution in [0.1, 0.15) is 17.3 Å². The lowest BCUT2D eigenvalue weighted by Crippen LogP contribution is -2.49. The maximum atomic E-state index is 13.3. The predicted octanol–water partition coefficient (Wildman–Crippen LogP) is 2.72. The molecule has 1 aliphatic heterocycles. The molecule has 152 valence electrons. The Bertz CT molecular complexity index is 1170. The van der Waals surface area contributed by atoms with Gasteiger partial charge in [-0.1, -0.05) is 19.1 Å². The average Bonchev–Trinajstić information content (AvgIpc) is 3.16. The number of anilines is 1. The fourth-order valence-electron chi connectivity index (χ4n) is 3.36. The second-order valence-electron chi connectivity index (χ2n) is 6.79. The monoisotopic (exact) mass is 417 g/mol. The zero-order valence-electron chi connectivity index (χ0n) is 15.8. The third kappa shape index (κ3) is 3.69. The Morgan fingerprint density at radius 1 is 1.14 bits per heavy atom. The quantitative estimate of drug-likeness (QED) is 0.649. The number of piperazine rings is 1. The highest BCUT2D eigenvalue weighted by Gasteiger charge is 2.28. The summed E-state index contributed by atoms with van der Waals surface area (Å²) in [5.41, 5.74) is 1.14. The van der Waals surface area contributed by atoms with E-state index in [4.69, 9.17) is 4.42 Å². The number of halogens is 1. The molecule has 2 heterocycles. The van der Waals surface area contributed by atoms with Crippen molar-refractivity contribution in [2.75, 3.05) is 36.8 Å². The van der Waals surface area contributed by atoms with Crippen molar-refractivity contribution in [1.82, 2.24) is 9.88 Å². The van der Waals surface area contributed by atoms with Crippen LogP contribution in [-0.4, -0.2) is 56.1 Å². The molecule has 0 radical (unpaired) electrons. The molecule has 0 spiro atoms. The van der Waals surface area contributed by atoms with Crippen LogP contribution in [0.3, 0.4) is 0 Å². The van der Waals surface area contributed by atoms with E-state index in [0.29, 0.717) is 43.3 Å². The molecule has 0 saturated carbocycles. The van der Waals surface area contributed by atoms with Crippen LogP contribution >= 0.6 is 0 Å². The minimum atomic E-state index is -3.50. The van der Waals surface area contributed by atoms with Gasteiger partial charge in [-0.15, -0.1) is 0 Å². The van der Waals surface area contributed by atoms with Crippen LogP contribution in [0.2, 0.25) is 0 Å². The largest absolute Gasteiger partial charge is 0.423 e. The Labute approximate surface area is 167 Å². The van der Waals surface area contributed by atoms with Crippen molar-refractivity contribution in [3.05, 3.63) is 53.8 Å². The van der Waals surface area contributed by atoms with E-state index in [-0.39, 0.29) is 22.1 Å². The first-order chi connectivity index (χ1) is 13.9. The Hall–Kier alpha value is -2.94. The standard InChI is InChI=1S/C20H20FN3O4S/c1-2-29(26,27)18-6-4-3-5-15(18)19(25)23-9-11-24(12-10-23)20-22-16-8-7-14(21)13-17(16)28-20/h3-8,13H,2,9-12H2,1H3. The van der Waals surface area contributed by atoms with E-state index in [1.54, 1.807) is 36.1 Å². The van der Waals surface area contributed by atoms with Crippen molar-refractivity contribution in [2.45, 2.75) is 11.8 Å². The van der Waals surface area contributed by atoms with Crippen molar-refractivity contribution < 1.29 is 22.0 Å². The number of amides is 1. The van der Waals surface area contributed by atoms with Gasteiger partial charge in [0.2, 0.25) is 0 Å². The van der Waals surface area contributed by atoms with Crippen LogP contribution in [0.15, 0.2) is 51.8 Å². The van der Waals surface area contributed by atoms with Gasteiger partial charge in [-0.3, -0.25) is 4.79 Å². The van der Waals surface area contributed by atoms with Crippen molar-refractivity contribution >= 4 is 32.9 Å². The third-order valence-corrected chi connectivity index (χ3v) is 6.80. The SMILES string of the molecule is CCS(=O)(=O)c1ccccc1C(=O)N1CCN(c2nc3ccc(F)cc3o2)CC1. The van der Waals surface area contributed by atoms with E-state index in [2.05, 4.69) is 4.98 Å². The Kier molecular flexibility index (Phi) is 4.99. The molecule has 1 saturated heterocycles. The number of benzene rings is 2. The van der Waals surface area contributed by atoms with Crippen LogP contribution in [0.4, 0.5) is 10.4 Å². The molecule has 0 unspecified atom stereocenters. The summed E-state index contributed by atoms with van der Waals surface area (Å²) >= 11 is 0. The van der Waals surface area contributed by atoms with Gasteiger partial charge in [-0.25, -0.2) is 12.8 Å². The molecule has 0 N–H and O–H groups in total. The summed E-state index contributed by atoms with van der Waals surface area (Å²) in [6.07, 6.45) is 0. The number of sulfone groups is 1.